The number of benzene rings is 2. The summed E-state index contributed by atoms with van der Waals surface area (Å²) < 4.78 is 11.7. The van der Waals surface area contributed by atoms with Gasteiger partial charge in [0.1, 0.15) is 5.75 Å². The molecule has 3 aromatic rings. The van der Waals surface area contributed by atoms with Crippen LogP contribution in [0.1, 0.15) is 18.4 Å². The molecule has 0 N–H and O–H groups in total. The highest BCUT2D eigenvalue weighted by Gasteiger charge is 2.13. The molecule has 0 bridgehead atoms. The molecule has 128 valence electrons. The number of hydrogen-bond donors (Lipinski definition) is 0. The Balaban J connectivity index is 1.72. The molecule has 0 aliphatic heterocycles. The van der Waals surface area contributed by atoms with E-state index in [1.54, 1.807) is 12.1 Å². The minimum atomic E-state index is -0.467. The summed E-state index contributed by atoms with van der Waals surface area (Å²) in [6.45, 7) is 2.18. The average molecular weight is 404 g/mol. The van der Waals surface area contributed by atoms with Crippen LogP contribution < -0.4 is 4.74 Å². The predicted octanol–water partition coefficient (Wildman–Crippen LogP) is 4.55. The van der Waals surface area contributed by atoms with Crippen LogP contribution in [0.25, 0.3) is 11.4 Å². The topological polar surface area (TPSA) is 91.3 Å². The van der Waals surface area contributed by atoms with E-state index in [0.717, 1.165) is 10.9 Å². The maximum atomic E-state index is 10.8. The largest absolute Gasteiger partial charge is 0.483 e. The minimum Gasteiger partial charge on any atom is -0.483 e. The van der Waals surface area contributed by atoms with Gasteiger partial charge in [0.25, 0.3) is 11.6 Å². The molecule has 0 atom stereocenters. The Hall–Kier alpha value is -2.74. The molecule has 0 aliphatic carbocycles. The SMILES string of the molecule is CCc1ccc(OCc2nc(-c3cccc([N+](=O)[O-])c3)no2)c(Br)c1. The quantitative estimate of drug-likeness (QED) is 0.442. The first-order valence-electron chi connectivity index (χ1n) is 7.55. The van der Waals surface area contributed by atoms with Crippen molar-refractivity contribution in [2.75, 3.05) is 0 Å². The van der Waals surface area contributed by atoms with E-state index in [-0.39, 0.29) is 24.0 Å². The van der Waals surface area contributed by atoms with E-state index < -0.39 is 4.92 Å². The Morgan fingerprint density at radius 1 is 1.28 bits per heavy atom. The number of nitrogens with zero attached hydrogens (tertiary/aromatic N) is 3. The van der Waals surface area contributed by atoms with Crippen LogP contribution in [0.2, 0.25) is 0 Å². The lowest BCUT2D eigenvalue weighted by atomic mass is 10.2. The van der Waals surface area contributed by atoms with Crippen LogP contribution in [0, 0.1) is 10.1 Å². The van der Waals surface area contributed by atoms with Crippen LogP contribution in [-0.4, -0.2) is 15.1 Å². The van der Waals surface area contributed by atoms with Gasteiger partial charge >= 0.3 is 0 Å². The van der Waals surface area contributed by atoms with Crippen molar-refractivity contribution >= 4 is 21.6 Å². The summed E-state index contributed by atoms with van der Waals surface area (Å²) in [5.41, 5.74) is 1.68. The summed E-state index contributed by atoms with van der Waals surface area (Å²) in [4.78, 5) is 14.6. The first kappa shape index (κ1) is 17.1. The highest BCUT2D eigenvalue weighted by Crippen LogP contribution is 2.27. The van der Waals surface area contributed by atoms with Gasteiger partial charge in [-0.25, -0.2) is 0 Å². The van der Waals surface area contributed by atoms with Crippen LogP contribution in [0.15, 0.2) is 51.5 Å². The lowest BCUT2D eigenvalue weighted by Gasteiger charge is -2.07. The second-order valence-corrected chi connectivity index (χ2v) is 6.08. The van der Waals surface area contributed by atoms with Gasteiger partial charge in [0.2, 0.25) is 5.82 Å². The number of rotatable bonds is 6. The van der Waals surface area contributed by atoms with Crippen LogP contribution in [-0.2, 0) is 13.0 Å². The second kappa shape index (κ2) is 7.43. The number of ether oxygens (including phenoxy) is 1. The zero-order valence-corrected chi connectivity index (χ0v) is 14.9. The van der Waals surface area contributed by atoms with Crippen molar-refractivity contribution in [2.45, 2.75) is 20.0 Å². The fraction of sp³-hybridized carbons (Fsp3) is 0.176. The standard InChI is InChI=1S/C17H14BrN3O4/c1-2-11-6-7-15(14(18)8-11)24-10-16-19-17(20-25-16)12-4-3-5-13(9-12)21(22)23/h3-9H,2,10H2,1H3. The summed E-state index contributed by atoms with van der Waals surface area (Å²) in [6.07, 6.45) is 0.940. The highest BCUT2D eigenvalue weighted by molar-refractivity contribution is 9.10. The van der Waals surface area contributed by atoms with Gasteiger partial charge < -0.3 is 9.26 Å². The Bertz CT molecular complexity index is 910. The number of nitro groups is 1. The maximum Gasteiger partial charge on any atom is 0.270 e. The molecule has 7 nitrogen and oxygen atoms in total. The normalized spacial score (nSPS) is 10.6. The summed E-state index contributed by atoms with van der Waals surface area (Å²) >= 11 is 3.47. The summed E-state index contributed by atoms with van der Waals surface area (Å²) in [5, 5.41) is 14.7. The van der Waals surface area contributed by atoms with Crippen molar-refractivity contribution in [1.29, 1.82) is 0 Å². The molecule has 0 amide bonds. The van der Waals surface area contributed by atoms with Gasteiger partial charge in [0, 0.05) is 17.7 Å². The number of aryl methyl sites for hydroxylation is 1. The number of halogens is 1. The lowest BCUT2D eigenvalue weighted by molar-refractivity contribution is -0.384. The van der Waals surface area contributed by atoms with E-state index in [9.17, 15) is 10.1 Å². The molecule has 3 rings (SSSR count). The molecule has 0 saturated heterocycles. The first-order valence-corrected chi connectivity index (χ1v) is 8.34. The van der Waals surface area contributed by atoms with Crippen molar-refractivity contribution in [2.24, 2.45) is 0 Å². The number of hydrogen-bond acceptors (Lipinski definition) is 6. The Morgan fingerprint density at radius 3 is 2.84 bits per heavy atom. The lowest BCUT2D eigenvalue weighted by Crippen LogP contribution is -1.97. The minimum absolute atomic E-state index is 0.0277. The van der Waals surface area contributed by atoms with Crippen LogP contribution in [0.4, 0.5) is 5.69 Å². The fourth-order valence-electron chi connectivity index (χ4n) is 2.21. The predicted molar refractivity (Wildman–Crippen MR) is 94.2 cm³/mol. The summed E-state index contributed by atoms with van der Waals surface area (Å²) in [5.74, 6) is 1.24. The first-order chi connectivity index (χ1) is 12.1. The number of nitro benzene ring substituents is 1. The molecule has 0 unspecified atom stereocenters. The van der Waals surface area contributed by atoms with E-state index in [0.29, 0.717) is 11.3 Å². The highest BCUT2D eigenvalue weighted by atomic mass is 79.9. The van der Waals surface area contributed by atoms with Gasteiger partial charge in [-0.2, -0.15) is 4.98 Å². The molecular weight excluding hydrogens is 390 g/mol. The second-order valence-electron chi connectivity index (χ2n) is 5.23. The molecular formula is C17H14BrN3O4. The molecule has 8 heteroatoms. The number of aromatic nitrogens is 2. The van der Waals surface area contributed by atoms with Crippen molar-refractivity contribution in [3.8, 4) is 17.1 Å². The molecule has 0 saturated carbocycles. The van der Waals surface area contributed by atoms with E-state index in [1.807, 2.05) is 18.2 Å². The van der Waals surface area contributed by atoms with Crippen molar-refractivity contribution in [3.05, 3.63) is 68.5 Å². The van der Waals surface area contributed by atoms with Gasteiger partial charge in [-0.1, -0.05) is 30.3 Å². The number of non-ortho nitro benzene ring substituents is 1. The van der Waals surface area contributed by atoms with Crippen LogP contribution >= 0.6 is 15.9 Å². The van der Waals surface area contributed by atoms with Crippen LogP contribution in [0.5, 0.6) is 5.75 Å². The third kappa shape index (κ3) is 4.03. The Morgan fingerprint density at radius 2 is 2.12 bits per heavy atom. The average Bonchev–Trinajstić information content (AvgIpc) is 3.09. The Labute approximate surface area is 151 Å². The van der Waals surface area contributed by atoms with Gasteiger partial charge in [0.15, 0.2) is 6.61 Å². The molecule has 0 spiro atoms. The van der Waals surface area contributed by atoms with Gasteiger partial charge in [0.05, 0.1) is 9.40 Å². The molecule has 25 heavy (non-hydrogen) atoms. The van der Waals surface area contributed by atoms with Gasteiger partial charge in [-0.05, 0) is 40.0 Å². The van der Waals surface area contributed by atoms with E-state index >= 15 is 0 Å². The van der Waals surface area contributed by atoms with E-state index in [4.69, 9.17) is 9.26 Å². The molecule has 0 fully saturated rings. The summed E-state index contributed by atoms with van der Waals surface area (Å²) in [6, 6.07) is 11.9. The smallest absolute Gasteiger partial charge is 0.270 e. The zero-order chi connectivity index (χ0) is 17.8. The van der Waals surface area contributed by atoms with Gasteiger partial charge in [-0.3, -0.25) is 10.1 Å². The summed E-state index contributed by atoms with van der Waals surface area (Å²) in [7, 11) is 0. The van der Waals surface area contributed by atoms with Crippen molar-refractivity contribution < 1.29 is 14.2 Å². The van der Waals surface area contributed by atoms with Crippen LogP contribution in [0.3, 0.4) is 0 Å². The third-order valence-electron chi connectivity index (χ3n) is 3.54. The molecule has 0 aliphatic rings. The maximum absolute atomic E-state index is 10.8. The Kier molecular flexibility index (Phi) is 5.08. The molecule has 0 radical (unpaired) electrons. The third-order valence-corrected chi connectivity index (χ3v) is 4.16. The molecule has 1 heterocycles. The molecule has 2 aromatic carbocycles. The zero-order valence-electron chi connectivity index (χ0n) is 13.3. The van der Waals surface area contributed by atoms with Crippen molar-refractivity contribution in [3.63, 3.8) is 0 Å². The fourth-order valence-corrected chi connectivity index (χ4v) is 2.75. The monoisotopic (exact) mass is 403 g/mol. The van der Waals surface area contributed by atoms with E-state index in [1.165, 1.54) is 17.7 Å². The van der Waals surface area contributed by atoms with E-state index in [2.05, 4.69) is 33.0 Å². The van der Waals surface area contributed by atoms with Crippen molar-refractivity contribution in [1.82, 2.24) is 10.1 Å². The van der Waals surface area contributed by atoms with Gasteiger partial charge in [-0.15, -0.1) is 0 Å². The molecule has 1 aromatic heterocycles.